The lowest BCUT2D eigenvalue weighted by Gasteiger charge is -2.10. The maximum absolute atomic E-state index is 12.3. The van der Waals surface area contributed by atoms with Gasteiger partial charge in [0.05, 0.1) is 12.2 Å². The molecule has 3 rings (SSSR count). The number of phenols is 1. The van der Waals surface area contributed by atoms with Crippen LogP contribution in [0, 0.1) is 0 Å². The first-order valence-electron chi connectivity index (χ1n) is 7.63. The van der Waals surface area contributed by atoms with Gasteiger partial charge in [-0.1, -0.05) is 11.6 Å². The number of carbonyl (C=O) groups is 1. The summed E-state index contributed by atoms with van der Waals surface area (Å²) in [6.07, 6.45) is 3.02. The highest BCUT2D eigenvalue weighted by molar-refractivity contribution is 7.16. The second-order valence-electron chi connectivity index (χ2n) is 5.41. The van der Waals surface area contributed by atoms with Crippen molar-refractivity contribution >= 4 is 33.9 Å². The lowest BCUT2D eigenvalue weighted by Crippen LogP contribution is -2.09. The fraction of sp³-hybridized carbons (Fsp3) is 0.353. The molecule has 1 aliphatic rings. The average molecular weight is 352 g/mol. The number of aromatic hydroxyl groups is 1. The first-order valence-corrected chi connectivity index (χ1v) is 8.82. The summed E-state index contributed by atoms with van der Waals surface area (Å²) in [5.41, 5.74) is 2.47. The fourth-order valence-electron chi connectivity index (χ4n) is 2.82. The second-order valence-corrected chi connectivity index (χ2v) is 6.95. The Kier molecular flexibility index (Phi) is 4.78. The molecule has 23 heavy (non-hydrogen) atoms. The zero-order valence-corrected chi connectivity index (χ0v) is 14.4. The maximum atomic E-state index is 12.3. The van der Waals surface area contributed by atoms with Gasteiger partial charge in [-0.15, -0.1) is 11.3 Å². The van der Waals surface area contributed by atoms with Gasteiger partial charge in [0.25, 0.3) is 0 Å². The van der Waals surface area contributed by atoms with Crippen LogP contribution < -0.4 is 5.32 Å². The molecular weight excluding hydrogens is 334 g/mol. The lowest BCUT2D eigenvalue weighted by molar-refractivity contribution is 0.0527. The van der Waals surface area contributed by atoms with Crippen LogP contribution in [0.4, 0.5) is 5.00 Å². The van der Waals surface area contributed by atoms with E-state index < -0.39 is 0 Å². The number of ether oxygens (including phenoxy) is 1. The first-order chi connectivity index (χ1) is 11.1. The third-order valence-corrected chi connectivity index (χ3v) is 5.37. The number of anilines is 1. The quantitative estimate of drug-likeness (QED) is 0.784. The molecule has 0 aliphatic heterocycles. The van der Waals surface area contributed by atoms with Crippen molar-refractivity contribution < 1.29 is 14.6 Å². The number of fused-ring (bicyclic) bond motifs is 1. The summed E-state index contributed by atoms with van der Waals surface area (Å²) in [6.45, 7) is 2.57. The largest absolute Gasteiger partial charge is 0.508 e. The monoisotopic (exact) mass is 351 g/mol. The Bertz CT molecular complexity index is 742. The van der Waals surface area contributed by atoms with Crippen molar-refractivity contribution in [1.29, 1.82) is 0 Å². The van der Waals surface area contributed by atoms with E-state index in [9.17, 15) is 9.90 Å². The number of rotatable bonds is 5. The molecule has 1 aromatic carbocycles. The van der Waals surface area contributed by atoms with Crippen LogP contribution in [0.1, 0.15) is 39.7 Å². The number of thiophene rings is 1. The summed E-state index contributed by atoms with van der Waals surface area (Å²) in [7, 11) is 0. The predicted molar refractivity (Wildman–Crippen MR) is 92.7 cm³/mol. The van der Waals surface area contributed by atoms with Gasteiger partial charge < -0.3 is 15.2 Å². The van der Waals surface area contributed by atoms with Crippen LogP contribution in [0.2, 0.25) is 5.02 Å². The molecule has 2 N–H and O–H groups in total. The van der Waals surface area contributed by atoms with E-state index in [2.05, 4.69) is 5.32 Å². The molecule has 0 saturated carbocycles. The number of aryl methyl sites for hydroxylation is 1. The Hall–Kier alpha value is -1.72. The van der Waals surface area contributed by atoms with Gasteiger partial charge in [-0.25, -0.2) is 4.79 Å². The third-order valence-electron chi connectivity index (χ3n) is 3.88. The highest BCUT2D eigenvalue weighted by Crippen LogP contribution is 2.40. The van der Waals surface area contributed by atoms with E-state index in [1.165, 1.54) is 4.88 Å². The highest BCUT2D eigenvalue weighted by Gasteiger charge is 2.27. The molecule has 0 fully saturated rings. The van der Waals surface area contributed by atoms with Crippen LogP contribution in [-0.4, -0.2) is 17.7 Å². The molecule has 0 amide bonds. The van der Waals surface area contributed by atoms with Gasteiger partial charge in [-0.3, -0.25) is 0 Å². The number of benzene rings is 1. The van der Waals surface area contributed by atoms with E-state index in [0.29, 0.717) is 29.3 Å². The molecule has 0 spiro atoms. The maximum Gasteiger partial charge on any atom is 0.341 e. The summed E-state index contributed by atoms with van der Waals surface area (Å²) in [5.74, 6) is -0.0894. The molecule has 1 aromatic heterocycles. The van der Waals surface area contributed by atoms with Gasteiger partial charge in [0, 0.05) is 22.0 Å². The van der Waals surface area contributed by atoms with E-state index in [1.807, 2.05) is 6.92 Å². The molecule has 1 aliphatic carbocycles. The molecule has 0 radical (unpaired) electrons. The number of hydrogen-bond acceptors (Lipinski definition) is 5. The van der Waals surface area contributed by atoms with E-state index in [1.54, 1.807) is 29.5 Å². The minimum Gasteiger partial charge on any atom is -0.508 e. The molecule has 0 unspecified atom stereocenters. The molecule has 0 bridgehead atoms. The van der Waals surface area contributed by atoms with Gasteiger partial charge in [-0.2, -0.15) is 0 Å². The smallest absolute Gasteiger partial charge is 0.341 e. The standard InChI is InChI=1S/C17H18ClNO3S/c1-2-22-17(21)15-12-4-3-5-14(12)23-16(15)19-9-10-8-11(18)6-7-13(10)20/h6-8,19-20H,2-5,9H2,1H3. The number of hydrogen-bond donors (Lipinski definition) is 2. The Morgan fingerprint density at radius 1 is 1.43 bits per heavy atom. The zero-order chi connectivity index (χ0) is 16.4. The number of carbonyl (C=O) groups excluding carboxylic acids is 1. The number of esters is 1. The molecule has 6 heteroatoms. The summed E-state index contributed by atoms with van der Waals surface area (Å²) < 4.78 is 5.20. The van der Waals surface area contributed by atoms with E-state index in [0.717, 1.165) is 29.8 Å². The predicted octanol–water partition coefficient (Wildman–Crippen LogP) is 4.38. The first kappa shape index (κ1) is 16.1. The van der Waals surface area contributed by atoms with E-state index >= 15 is 0 Å². The Morgan fingerprint density at radius 3 is 3.04 bits per heavy atom. The molecule has 122 valence electrons. The van der Waals surface area contributed by atoms with E-state index in [4.69, 9.17) is 16.3 Å². The Balaban J connectivity index is 1.85. The summed E-state index contributed by atoms with van der Waals surface area (Å²) in [4.78, 5) is 13.5. The second kappa shape index (κ2) is 6.81. The lowest BCUT2D eigenvalue weighted by atomic mass is 10.1. The Labute approximate surface area is 144 Å². The molecule has 4 nitrogen and oxygen atoms in total. The van der Waals surface area contributed by atoms with E-state index in [-0.39, 0.29) is 11.7 Å². The number of phenolic OH excluding ortho intramolecular Hbond substituents is 1. The molecule has 0 saturated heterocycles. The normalized spacial score (nSPS) is 13.0. The van der Waals surface area contributed by atoms with Crippen LogP contribution in [0.25, 0.3) is 0 Å². The highest BCUT2D eigenvalue weighted by atomic mass is 35.5. The summed E-state index contributed by atoms with van der Waals surface area (Å²) >= 11 is 7.58. The van der Waals surface area contributed by atoms with Crippen molar-refractivity contribution in [3.05, 3.63) is 44.8 Å². The van der Waals surface area contributed by atoms with Crippen LogP contribution in [0.5, 0.6) is 5.75 Å². The fourth-order valence-corrected chi connectivity index (χ4v) is 4.29. The van der Waals surface area contributed by atoms with Gasteiger partial charge >= 0.3 is 5.97 Å². The Morgan fingerprint density at radius 2 is 2.26 bits per heavy atom. The van der Waals surface area contributed by atoms with Crippen LogP contribution in [0.15, 0.2) is 18.2 Å². The minimum atomic E-state index is -0.273. The molecule has 0 atom stereocenters. The zero-order valence-electron chi connectivity index (χ0n) is 12.8. The van der Waals surface area contributed by atoms with Crippen molar-refractivity contribution in [3.8, 4) is 5.75 Å². The third kappa shape index (κ3) is 3.31. The van der Waals surface area contributed by atoms with Crippen molar-refractivity contribution in [1.82, 2.24) is 0 Å². The molecular formula is C17H18ClNO3S. The van der Waals surface area contributed by atoms with Crippen molar-refractivity contribution in [2.45, 2.75) is 32.7 Å². The van der Waals surface area contributed by atoms with Gasteiger partial charge in [0.1, 0.15) is 10.8 Å². The van der Waals surface area contributed by atoms with Crippen LogP contribution in [-0.2, 0) is 24.1 Å². The van der Waals surface area contributed by atoms with Crippen molar-refractivity contribution in [2.24, 2.45) is 0 Å². The van der Waals surface area contributed by atoms with Crippen molar-refractivity contribution in [3.63, 3.8) is 0 Å². The average Bonchev–Trinajstić information content (AvgIpc) is 3.08. The summed E-state index contributed by atoms with van der Waals surface area (Å²) in [6, 6.07) is 4.93. The number of nitrogens with one attached hydrogen (secondary N) is 1. The van der Waals surface area contributed by atoms with Gasteiger partial charge in [0.15, 0.2) is 0 Å². The SMILES string of the molecule is CCOC(=O)c1c(NCc2cc(Cl)ccc2O)sc2c1CCC2. The number of halogens is 1. The summed E-state index contributed by atoms with van der Waals surface area (Å²) in [5, 5.41) is 14.6. The van der Waals surface area contributed by atoms with Crippen molar-refractivity contribution in [2.75, 3.05) is 11.9 Å². The minimum absolute atomic E-state index is 0.184. The topological polar surface area (TPSA) is 58.6 Å². The van der Waals surface area contributed by atoms with Gasteiger partial charge in [0.2, 0.25) is 0 Å². The van der Waals surface area contributed by atoms with Crippen LogP contribution >= 0.6 is 22.9 Å². The molecule has 2 aromatic rings. The van der Waals surface area contributed by atoms with Gasteiger partial charge in [-0.05, 0) is 49.9 Å². The van der Waals surface area contributed by atoms with Crippen LogP contribution in [0.3, 0.4) is 0 Å². The molecule has 1 heterocycles.